The lowest BCUT2D eigenvalue weighted by molar-refractivity contribution is -0.233. The zero-order valence-corrected chi connectivity index (χ0v) is 6.45. The quantitative estimate of drug-likeness (QED) is 0.284. The number of carbonyl (C=O) groups is 2. The van der Waals surface area contributed by atoms with Crippen molar-refractivity contribution in [1.82, 2.24) is 0 Å². The van der Waals surface area contributed by atoms with Crippen LogP contribution < -0.4 is 0 Å². The first kappa shape index (κ1) is 10.6. The Bertz CT molecular complexity index is 206. The maximum atomic E-state index is 10.8. The van der Waals surface area contributed by atoms with Gasteiger partial charge < -0.3 is 4.89 Å². The van der Waals surface area contributed by atoms with E-state index in [2.05, 4.69) is 4.89 Å². The molecule has 0 rings (SSSR count). The predicted octanol–water partition coefficient (Wildman–Crippen LogP) is 0.656. The lowest BCUT2D eigenvalue weighted by atomic mass is 10.1. The fourth-order valence-electron chi connectivity index (χ4n) is 0.646. The second-order valence-electron chi connectivity index (χ2n) is 2.19. The van der Waals surface area contributed by atoms with Crippen molar-refractivity contribution < 1.29 is 19.7 Å². The second kappa shape index (κ2) is 6.31. The van der Waals surface area contributed by atoms with Crippen LogP contribution in [-0.4, -0.2) is 17.0 Å². The van der Waals surface area contributed by atoms with Crippen LogP contribution in [0.1, 0.15) is 25.7 Å². The summed E-state index contributed by atoms with van der Waals surface area (Å²) >= 11 is 0. The first-order valence-electron chi connectivity index (χ1n) is 3.43. The summed E-state index contributed by atoms with van der Waals surface area (Å²) in [6.45, 7) is 0. The van der Waals surface area contributed by atoms with Gasteiger partial charge in [0.1, 0.15) is 12.2 Å². The molecule has 0 atom stereocenters. The molecule has 0 aromatic carbocycles. The lowest BCUT2D eigenvalue weighted by Crippen LogP contribution is -2.08. The van der Waals surface area contributed by atoms with Crippen molar-refractivity contribution >= 4 is 11.8 Å². The summed E-state index contributed by atoms with van der Waals surface area (Å²) in [7, 11) is 0. The summed E-state index contributed by atoms with van der Waals surface area (Å²) in [6.07, 6.45) is 0.471. The molecule has 0 saturated heterocycles. The summed E-state index contributed by atoms with van der Waals surface area (Å²) < 4.78 is 0. The van der Waals surface area contributed by atoms with Crippen LogP contribution in [0.3, 0.4) is 0 Å². The van der Waals surface area contributed by atoms with Gasteiger partial charge in [0.15, 0.2) is 0 Å². The zero-order valence-electron chi connectivity index (χ0n) is 6.45. The van der Waals surface area contributed by atoms with E-state index in [9.17, 15) is 9.59 Å². The SMILES string of the molecule is N#CCCCC(=O)CC(=O)OO. The molecule has 5 nitrogen and oxygen atoms in total. The highest BCUT2D eigenvalue weighted by molar-refractivity contribution is 5.95. The third-order valence-electron chi connectivity index (χ3n) is 1.19. The van der Waals surface area contributed by atoms with E-state index in [1.54, 1.807) is 0 Å². The Kier molecular flexibility index (Phi) is 5.57. The first-order chi connectivity index (χ1) is 5.70. The van der Waals surface area contributed by atoms with Crippen molar-refractivity contribution in [2.45, 2.75) is 25.7 Å². The maximum absolute atomic E-state index is 10.8. The zero-order chi connectivity index (χ0) is 9.40. The normalized spacial score (nSPS) is 8.67. The Balaban J connectivity index is 3.48. The average molecular weight is 171 g/mol. The molecular formula is C7H9NO4. The van der Waals surface area contributed by atoms with Gasteiger partial charge in [-0.25, -0.2) is 4.79 Å². The third kappa shape index (κ3) is 5.38. The van der Waals surface area contributed by atoms with Gasteiger partial charge in [0.2, 0.25) is 0 Å². The molecule has 0 fully saturated rings. The average Bonchev–Trinajstić information content (AvgIpc) is 2.05. The number of hydrogen-bond donors (Lipinski definition) is 1. The molecule has 5 heteroatoms. The van der Waals surface area contributed by atoms with E-state index in [4.69, 9.17) is 10.5 Å². The summed E-state index contributed by atoms with van der Waals surface area (Å²) in [5.41, 5.74) is 0. The molecule has 66 valence electrons. The van der Waals surface area contributed by atoms with Gasteiger partial charge in [0, 0.05) is 12.8 Å². The van der Waals surface area contributed by atoms with Crippen molar-refractivity contribution in [3.63, 3.8) is 0 Å². The predicted molar refractivity (Wildman–Crippen MR) is 37.8 cm³/mol. The third-order valence-corrected chi connectivity index (χ3v) is 1.19. The number of unbranched alkanes of at least 4 members (excludes halogenated alkanes) is 1. The molecule has 0 unspecified atom stereocenters. The van der Waals surface area contributed by atoms with E-state index in [-0.39, 0.29) is 12.2 Å². The van der Waals surface area contributed by atoms with Crippen LogP contribution in [0.25, 0.3) is 0 Å². The van der Waals surface area contributed by atoms with Crippen LogP contribution in [0.2, 0.25) is 0 Å². The van der Waals surface area contributed by atoms with Gasteiger partial charge in [-0.05, 0) is 6.42 Å². The molecule has 12 heavy (non-hydrogen) atoms. The number of nitrogens with zero attached hydrogens (tertiary/aromatic N) is 1. The molecule has 0 aromatic heterocycles. The van der Waals surface area contributed by atoms with E-state index in [0.717, 1.165) is 0 Å². The fraction of sp³-hybridized carbons (Fsp3) is 0.571. The summed E-state index contributed by atoms with van der Waals surface area (Å²) in [5.74, 6) is -1.29. The Morgan fingerprint density at radius 2 is 2.17 bits per heavy atom. The van der Waals surface area contributed by atoms with Crippen molar-refractivity contribution in [1.29, 1.82) is 5.26 Å². The van der Waals surface area contributed by atoms with Crippen molar-refractivity contribution in [2.24, 2.45) is 0 Å². The minimum absolute atomic E-state index is 0.169. The number of hydrogen-bond acceptors (Lipinski definition) is 5. The molecule has 0 amide bonds. The molecule has 0 aliphatic rings. The van der Waals surface area contributed by atoms with Crippen molar-refractivity contribution in [3.05, 3.63) is 0 Å². The van der Waals surface area contributed by atoms with Crippen LogP contribution in [0.15, 0.2) is 0 Å². The molecule has 0 aromatic rings. The second-order valence-corrected chi connectivity index (χ2v) is 2.19. The van der Waals surface area contributed by atoms with Crippen molar-refractivity contribution in [3.8, 4) is 6.07 Å². The van der Waals surface area contributed by atoms with Crippen LogP contribution in [-0.2, 0) is 14.5 Å². The molecular weight excluding hydrogens is 162 g/mol. The highest BCUT2D eigenvalue weighted by Gasteiger charge is 2.09. The number of nitriles is 1. The van der Waals surface area contributed by atoms with E-state index in [0.29, 0.717) is 12.8 Å². The summed E-state index contributed by atoms with van der Waals surface area (Å²) in [6, 6.07) is 1.87. The van der Waals surface area contributed by atoms with Gasteiger partial charge in [-0.2, -0.15) is 10.5 Å². The van der Waals surface area contributed by atoms with Gasteiger partial charge in [-0.15, -0.1) is 0 Å². The fourth-order valence-corrected chi connectivity index (χ4v) is 0.646. The Morgan fingerprint density at radius 3 is 2.67 bits per heavy atom. The molecule has 0 aliphatic heterocycles. The minimum Gasteiger partial charge on any atom is -0.301 e. The molecule has 0 aliphatic carbocycles. The largest absolute Gasteiger partial charge is 0.349 e. The number of Topliss-reactive ketones (excluding diaryl/α,β-unsaturated/α-hetero) is 1. The topological polar surface area (TPSA) is 87.4 Å². The minimum atomic E-state index is -0.961. The Morgan fingerprint density at radius 1 is 1.50 bits per heavy atom. The standard InChI is InChI=1S/C7H9NO4/c8-4-2-1-3-6(9)5-7(10)12-11/h11H,1-3,5H2. The van der Waals surface area contributed by atoms with Crippen molar-refractivity contribution in [2.75, 3.05) is 0 Å². The van der Waals surface area contributed by atoms with Crippen LogP contribution in [0, 0.1) is 11.3 Å². The van der Waals surface area contributed by atoms with E-state index in [1.807, 2.05) is 6.07 Å². The number of rotatable bonds is 5. The van der Waals surface area contributed by atoms with Crippen LogP contribution >= 0.6 is 0 Å². The van der Waals surface area contributed by atoms with Gasteiger partial charge in [0.05, 0.1) is 6.07 Å². The molecule has 0 spiro atoms. The first-order valence-corrected chi connectivity index (χ1v) is 3.43. The van der Waals surface area contributed by atoms with Crippen LogP contribution in [0.4, 0.5) is 0 Å². The van der Waals surface area contributed by atoms with E-state index in [1.165, 1.54) is 0 Å². The molecule has 0 saturated carbocycles. The molecule has 0 heterocycles. The van der Waals surface area contributed by atoms with Crippen LogP contribution in [0.5, 0.6) is 0 Å². The van der Waals surface area contributed by atoms with Gasteiger partial charge in [-0.1, -0.05) is 0 Å². The molecule has 0 radical (unpaired) electrons. The number of ketones is 1. The maximum Gasteiger partial charge on any atom is 0.349 e. The highest BCUT2D eigenvalue weighted by Crippen LogP contribution is 1.98. The van der Waals surface area contributed by atoms with E-state index >= 15 is 0 Å². The van der Waals surface area contributed by atoms with Gasteiger partial charge in [0.25, 0.3) is 0 Å². The monoisotopic (exact) mass is 171 g/mol. The Labute approximate surface area is 69.5 Å². The smallest absolute Gasteiger partial charge is 0.301 e. The molecule has 1 N–H and O–H groups in total. The molecule has 0 bridgehead atoms. The summed E-state index contributed by atoms with van der Waals surface area (Å²) in [5, 5.41) is 15.9. The van der Waals surface area contributed by atoms with Gasteiger partial charge in [-0.3, -0.25) is 4.79 Å². The van der Waals surface area contributed by atoms with E-state index < -0.39 is 12.4 Å². The summed E-state index contributed by atoms with van der Waals surface area (Å²) in [4.78, 5) is 24.4. The number of carbonyl (C=O) groups excluding carboxylic acids is 2. The Hall–Kier alpha value is -1.41. The van der Waals surface area contributed by atoms with Gasteiger partial charge >= 0.3 is 5.97 Å². The highest BCUT2D eigenvalue weighted by atomic mass is 17.1. The lowest BCUT2D eigenvalue weighted by Gasteiger charge is -1.94.